The van der Waals surface area contributed by atoms with Gasteiger partial charge in [-0.1, -0.05) is 29.5 Å². The third-order valence-electron chi connectivity index (χ3n) is 2.34. The predicted octanol–water partition coefficient (Wildman–Crippen LogP) is 1.35. The highest BCUT2D eigenvalue weighted by Crippen LogP contribution is 2.23. The number of nitrogens with one attached hydrogen (secondary N) is 1. The van der Waals surface area contributed by atoms with E-state index >= 15 is 0 Å². The first kappa shape index (κ1) is 11.2. The Balaban J connectivity index is 2.36. The van der Waals surface area contributed by atoms with E-state index in [2.05, 4.69) is 34.8 Å². The minimum absolute atomic E-state index is 0.0907. The van der Waals surface area contributed by atoms with Gasteiger partial charge in [-0.25, -0.2) is 0 Å². The molecule has 2 unspecified atom stereocenters. The van der Waals surface area contributed by atoms with Crippen molar-refractivity contribution in [1.29, 1.82) is 0 Å². The van der Waals surface area contributed by atoms with Gasteiger partial charge in [0.2, 0.25) is 5.91 Å². The lowest BCUT2D eigenvalue weighted by Gasteiger charge is -2.15. The van der Waals surface area contributed by atoms with Gasteiger partial charge in [0.25, 0.3) is 0 Å². The molecular formula is C9H16INO2. The lowest BCUT2D eigenvalue weighted by molar-refractivity contribution is -0.126. The van der Waals surface area contributed by atoms with Gasteiger partial charge in [-0.05, 0) is 12.8 Å². The smallest absolute Gasteiger partial charge is 0.225 e. The van der Waals surface area contributed by atoms with E-state index in [1.54, 1.807) is 0 Å². The zero-order chi connectivity index (χ0) is 9.68. The van der Waals surface area contributed by atoms with Crippen LogP contribution in [-0.2, 0) is 9.53 Å². The molecule has 1 saturated heterocycles. The molecule has 1 fully saturated rings. The fraction of sp³-hybridized carbons (Fsp3) is 0.889. The van der Waals surface area contributed by atoms with Gasteiger partial charge in [0.1, 0.15) is 0 Å². The third-order valence-corrected chi connectivity index (χ3v) is 2.88. The zero-order valence-corrected chi connectivity index (χ0v) is 10.0. The lowest BCUT2D eigenvalue weighted by atomic mass is 9.99. The van der Waals surface area contributed by atoms with Crippen LogP contribution in [0, 0.1) is 5.92 Å². The molecule has 0 radical (unpaired) electrons. The van der Waals surface area contributed by atoms with Gasteiger partial charge in [-0.15, -0.1) is 0 Å². The van der Waals surface area contributed by atoms with Crippen molar-refractivity contribution in [3.05, 3.63) is 0 Å². The summed E-state index contributed by atoms with van der Waals surface area (Å²) in [5.74, 6) is 0.258. The first-order chi connectivity index (χ1) is 6.29. The van der Waals surface area contributed by atoms with Crippen LogP contribution in [0.1, 0.15) is 19.8 Å². The minimum Gasteiger partial charge on any atom is -0.377 e. The van der Waals surface area contributed by atoms with Crippen LogP contribution in [0.25, 0.3) is 0 Å². The number of amides is 1. The fourth-order valence-electron chi connectivity index (χ4n) is 1.65. The summed E-state index contributed by atoms with van der Waals surface area (Å²) >= 11 is 2.25. The Morgan fingerprint density at radius 3 is 3.08 bits per heavy atom. The van der Waals surface area contributed by atoms with E-state index in [-0.39, 0.29) is 17.9 Å². The fourth-order valence-corrected chi connectivity index (χ4v) is 1.92. The minimum atomic E-state index is 0.0907. The van der Waals surface area contributed by atoms with Crippen LogP contribution >= 0.6 is 22.6 Å². The van der Waals surface area contributed by atoms with Gasteiger partial charge < -0.3 is 10.1 Å². The molecule has 0 aliphatic carbocycles. The van der Waals surface area contributed by atoms with E-state index in [4.69, 9.17) is 4.74 Å². The third kappa shape index (κ3) is 3.09. The molecule has 1 amide bonds. The number of alkyl halides is 1. The molecule has 0 aromatic rings. The van der Waals surface area contributed by atoms with Crippen LogP contribution in [-0.4, -0.2) is 29.6 Å². The molecule has 76 valence electrons. The first-order valence-corrected chi connectivity index (χ1v) is 6.27. The van der Waals surface area contributed by atoms with E-state index in [0.717, 1.165) is 30.4 Å². The van der Waals surface area contributed by atoms with E-state index in [1.807, 2.05) is 0 Å². The molecule has 1 aliphatic heterocycles. The standard InChI is InChI=1S/C9H16INO2/c1-2-8-7(3-6-13-8)9(12)11-5-4-10/h7-8H,2-6H2,1H3,(H,11,12). The van der Waals surface area contributed by atoms with Crippen LogP contribution in [0.15, 0.2) is 0 Å². The number of carbonyl (C=O) groups excluding carboxylic acids is 1. The van der Waals surface area contributed by atoms with Gasteiger partial charge in [-0.2, -0.15) is 0 Å². The van der Waals surface area contributed by atoms with E-state index in [1.165, 1.54) is 0 Å². The zero-order valence-electron chi connectivity index (χ0n) is 7.88. The molecule has 4 heteroatoms. The number of halogens is 1. The summed E-state index contributed by atoms with van der Waals surface area (Å²) in [5, 5.41) is 2.91. The Morgan fingerprint density at radius 2 is 2.46 bits per heavy atom. The summed E-state index contributed by atoms with van der Waals surface area (Å²) in [6.07, 6.45) is 1.96. The van der Waals surface area contributed by atoms with Gasteiger partial charge >= 0.3 is 0 Å². The number of ether oxygens (including phenoxy) is 1. The highest BCUT2D eigenvalue weighted by Gasteiger charge is 2.32. The Bertz CT molecular complexity index is 175. The van der Waals surface area contributed by atoms with Crippen molar-refractivity contribution >= 4 is 28.5 Å². The van der Waals surface area contributed by atoms with Crippen molar-refractivity contribution in [3.8, 4) is 0 Å². The Morgan fingerprint density at radius 1 is 1.69 bits per heavy atom. The van der Waals surface area contributed by atoms with Crippen molar-refractivity contribution < 1.29 is 9.53 Å². The molecule has 1 heterocycles. The largest absolute Gasteiger partial charge is 0.377 e. The van der Waals surface area contributed by atoms with E-state index in [0.29, 0.717) is 0 Å². The maximum Gasteiger partial charge on any atom is 0.225 e. The second kappa shape index (κ2) is 5.80. The van der Waals surface area contributed by atoms with Crippen LogP contribution in [0.4, 0.5) is 0 Å². The average Bonchev–Trinajstić information content (AvgIpc) is 2.61. The SMILES string of the molecule is CCC1OCCC1C(=O)NCCI. The van der Waals surface area contributed by atoms with Gasteiger partial charge in [0, 0.05) is 17.6 Å². The van der Waals surface area contributed by atoms with Gasteiger partial charge in [-0.3, -0.25) is 4.79 Å². The number of rotatable bonds is 4. The molecule has 0 spiro atoms. The highest BCUT2D eigenvalue weighted by molar-refractivity contribution is 14.1. The van der Waals surface area contributed by atoms with Crippen molar-refractivity contribution in [2.24, 2.45) is 5.92 Å². The molecule has 13 heavy (non-hydrogen) atoms. The molecule has 1 aliphatic rings. The molecule has 1 N–H and O–H groups in total. The van der Waals surface area contributed by atoms with Crippen molar-refractivity contribution in [2.75, 3.05) is 17.6 Å². The quantitative estimate of drug-likeness (QED) is 0.628. The summed E-state index contributed by atoms with van der Waals surface area (Å²) in [6, 6.07) is 0. The molecule has 0 bridgehead atoms. The van der Waals surface area contributed by atoms with Gasteiger partial charge in [0.15, 0.2) is 0 Å². The number of hydrogen-bond donors (Lipinski definition) is 1. The summed E-state index contributed by atoms with van der Waals surface area (Å²) < 4.78 is 6.42. The maximum absolute atomic E-state index is 11.6. The Kier molecular flexibility index (Phi) is 5.01. The van der Waals surface area contributed by atoms with Crippen LogP contribution < -0.4 is 5.32 Å². The van der Waals surface area contributed by atoms with E-state index < -0.39 is 0 Å². The topological polar surface area (TPSA) is 38.3 Å². The predicted molar refractivity (Wildman–Crippen MR) is 60.0 cm³/mol. The lowest BCUT2D eigenvalue weighted by Crippen LogP contribution is -2.35. The Hall–Kier alpha value is 0.160. The average molecular weight is 297 g/mol. The summed E-state index contributed by atoms with van der Waals surface area (Å²) in [7, 11) is 0. The van der Waals surface area contributed by atoms with Crippen molar-refractivity contribution in [2.45, 2.75) is 25.9 Å². The highest BCUT2D eigenvalue weighted by atomic mass is 127. The molecular weight excluding hydrogens is 281 g/mol. The summed E-state index contributed by atoms with van der Waals surface area (Å²) in [4.78, 5) is 11.6. The molecule has 2 atom stereocenters. The molecule has 0 saturated carbocycles. The molecule has 0 aromatic heterocycles. The number of hydrogen-bond acceptors (Lipinski definition) is 2. The second-order valence-corrected chi connectivity index (χ2v) is 4.27. The second-order valence-electron chi connectivity index (χ2n) is 3.19. The maximum atomic E-state index is 11.6. The summed E-state index contributed by atoms with van der Waals surface area (Å²) in [6.45, 7) is 3.57. The monoisotopic (exact) mass is 297 g/mol. The number of carbonyl (C=O) groups is 1. The molecule has 0 aromatic carbocycles. The first-order valence-electron chi connectivity index (χ1n) is 4.74. The van der Waals surface area contributed by atoms with Gasteiger partial charge in [0.05, 0.1) is 12.0 Å². The van der Waals surface area contributed by atoms with E-state index in [9.17, 15) is 4.79 Å². The van der Waals surface area contributed by atoms with Crippen LogP contribution in [0.2, 0.25) is 0 Å². The summed E-state index contributed by atoms with van der Waals surface area (Å²) in [5.41, 5.74) is 0. The van der Waals surface area contributed by atoms with Crippen LogP contribution in [0.3, 0.4) is 0 Å². The molecule has 3 nitrogen and oxygen atoms in total. The van der Waals surface area contributed by atoms with Crippen LogP contribution in [0.5, 0.6) is 0 Å². The van der Waals surface area contributed by atoms with Crippen molar-refractivity contribution in [1.82, 2.24) is 5.32 Å². The van der Waals surface area contributed by atoms with Crippen molar-refractivity contribution in [3.63, 3.8) is 0 Å². The molecule has 1 rings (SSSR count). The normalized spacial score (nSPS) is 27.5. The Labute approximate surface area is 92.7 Å².